The van der Waals surface area contributed by atoms with Crippen LogP contribution in [0, 0.1) is 0 Å². The number of hydrogen-bond donors (Lipinski definition) is 1. The van der Waals surface area contributed by atoms with Crippen LogP contribution in [-0.2, 0) is 18.9 Å². The summed E-state index contributed by atoms with van der Waals surface area (Å²) in [7, 11) is 1.67. The van der Waals surface area contributed by atoms with E-state index in [4.69, 9.17) is 18.9 Å². The Morgan fingerprint density at radius 1 is 0.950 bits per heavy atom. The Kier molecular flexibility index (Phi) is 10.2. The molecular formula is C15H31NO4. The molecule has 120 valence electrons. The fourth-order valence-electron chi connectivity index (χ4n) is 2.31. The fourth-order valence-corrected chi connectivity index (χ4v) is 2.31. The van der Waals surface area contributed by atoms with Gasteiger partial charge in [0, 0.05) is 7.11 Å². The molecule has 0 aliphatic heterocycles. The summed E-state index contributed by atoms with van der Waals surface area (Å²) in [5.41, 5.74) is 0.125. The summed E-state index contributed by atoms with van der Waals surface area (Å²) in [5.74, 6) is 0. The lowest BCUT2D eigenvalue weighted by Gasteiger charge is -2.42. The van der Waals surface area contributed by atoms with E-state index in [1.165, 1.54) is 19.3 Å². The molecule has 0 radical (unpaired) electrons. The molecule has 5 nitrogen and oxygen atoms in total. The SMILES string of the molecule is CCNCCC1(OCCOCCOCCOC)CCC1. The Labute approximate surface area is 123 Å². The van der Waals surface area contributed by atoms with Crippen molar-refractivity contribution in [3.05, 3.63) is 0 Å². The summed E-state index contributed by atoms with van der Waals surface area (Å²) < 4.78 is 21.7. The maximum atomic E-state index is 6.03. The normalized spacial score (nSPS) is 17.1. The maximum Gasteiger partial charge on any atom is 0.0708 e. The predicted octanol–water partition coefficient (Wildman–Crippen LogP) is 1.60. The highest BCUT2D eigenvalue weighted by atomic mass is 16.6. The highest BCUT2D eigenvalue weighted by molar-refractivity contribution is 4.90. The fraction of sp³-hybridized carbons (Fsp3) is 1.00. The van der Waals surface area contributed by atoms with Gasteiger partial charge in [-0.25, -0.2) is 0 Å². The molecule has 1 rings (SSSR count). The van der Waals surface area contributed by atoms with Gasteiger partial charge >= 0.3 is 0 Å². The number of hydrogen-bond acceptors (Lipinski definition) is 5. The summed E-state index contributed by atoms with van der Waals surface area (Å²) in [5, 5.41) is 3.37. The van der Waals surface area contributed by atoms with Gasteiger partial charge in [-0.3, -0.25) is 0 Å². The van der Waals surface area contributed by atoms with Gasteiger partial charge in [-0.1, -0.05) is 6.92 Å². The lowest BCUT2D eigenvalue weighted by molar-refractivity contribution is -0.119. The van der Waals surface area contributed by atoms with E-state index in [1.54, 1.807) is 7.11 Å². The summed E-state index contributed by atoms with van der Waals surface area (Å²) in [4.78, 5) is 0. The van der Waals surface area contributed by atoms with Gasteiger partial charge in [0.15, 0.2) is 0 Å². The van der Waals surface area contributed by atoms with Crippen LogP contribution in [0.15, 0.2) is 0 Å². The molecule has 5 heteroatoms. The van der Waals surface area contributed by atoms with Crippen molar-refractivity contribution in [3.8, 4) is 0 Å². The van der Waals surface area contributed by atoms with E-state index in [2.05, 4.69) is 12.2 Å². The molecule has 1 fully saturated rings. The summed E-state index contributed by atoms with van der Waals surface area (Å²) >= 11 is 0. The summed E-state index contributed by atoms with van der Waals surface area (Å²) in [6.45, 7) is 8.05. The Balaban J connectivity index is 1.91. The van der Waals surface area contributed by atoms with Crippen LogP contribution in [-0.4, -0.2) is 65.4 Å². The zero-order chi connectivity index (χ0) is 14.5. The van der Waals surface area contributed by atoms with Gasteiger partial charge in [0.2, 0.25) is 0 Å². The van der Waals surface area contributed by atoms with Crippen LogP contribution in [0.5, 0.6) is 0 Å². The average molecular weight is 289 g/mol. The second-order valence-corrected chi connectivity index (χ2v) is 5.21. The summed E-state index contributed by atoms with van der Waals surface area (Å²) in [6.07, 6.45) is 4.79. The van der Waals surface area contributed by atoms with Gasteiger partial charge in [0.25, 0.3) is 0 Å². The molecule has 1 aliphatic carbocycles. The van der Waals surface area contributed by atoms with Crippen molar-refractivity contribution in [2.45, 2.75) is 38.2 Å². The second kappa shape index (κ2) is 11.5. The van der Waals surface area contributed by atoms with Crippen LogP contribution in [0.1, 0.15) is 32.6 Å². The lowest BCUT2D eigenvalue weighted by atomic mass is 9.77. The molecule has 0 saturated heterocycles. The molecule has 0 aromatic heterocycles. The minimum absolute atomic E-state index is 0.125. The van der Waals surface area contributed by atoms with Gasteiger partial charge in [0.1, 0.15) is 0 Å². The summed E-state index contributed by atoms with van der Waals surface area (Å²) in [6, 6.07) is 0. The van der Waals surface area contributed by atoms with E-state index >= 15 is 0 Å². The first-order valence-electron chi connectivity index (χ1n) is 7.82. The van der Waals surface area contributed by atoms with Gasteiger partial charge < -0.3 is 24.3 Å². The Morgan fingerprint density at radius 3 is 2.15 bits per heavy atom. The quantitative estimate of drug-likeness (QED) is 0.492. The molecule has 1 N–H and O–H groups in total. The Hall–Kier alpha value is -0.200. The molecule has 1 aliphatic rings. The molecule has 1 saturated carbocycles. The van der Waals surface area contributed by atoms with E-state index in [1.807, 2.05) is 0 Å². The van der Waals surface area contributed by atoms with Gasteiger partial charge in [-0.05, 0) is 38.8 Å². The molecule has 0 heterocycles. The number of nitrogens with one attached hydrogen (secondary N) is 1. The van der Waals surface area contributed by atoms with Crippen molar-refractivity contribution in [2.24, 2.45) is 0 Å². The van der Waals surface area contributed by atoms with Crippen molar-refractivity contribution in [1.29, 1.82) is 0 Å². The molecule has 20 heavy (non-hydrogen) atoms. The highest BCUT2D eigenvalue weighted by Gasteiger charge is 2.37. The molecule has 0 unspecified atom stereocenters. The van der Waals surface area contributed by atoms with E-state index in [9.17, 15) is 0 Å². The smallest absolute Gasteiger partial charge is 0.0708 e. The predicted molar refractivity (Wildman–Crippen MR) is 79.2 cm³/mol. The molecule has 0 amide bonds. The average Bonchev–Trinajstić information content (AvgIpc) is 2.42. The van der Waals surface area contributed by atoms with E-state index in [0.717, 1.165) is 19.5 Å². The third-order valence-electron chi connectivity index (χ3n) is 3.71. The number of rotatable bonds is 14. The van der Waals surface area contributed by atoms with Crippen LogP contribution in [0.3, 0.4) is 0 Å². The van der Waals surface area contributed by atoms with Gasteiger partial charge in [-0.15, -0.1) is 0 Å². The van der Waals surface area contributed by atoms with Crippen molar-refractivity contribution in [1.82, 2.24) is 5.32 Å². The molecule has 0 aromatic rings. The topological polar surface area (TPSA) is 49.0 Å². The van der Waals surface area contributed by atoms with Crippen LogP contribution >= 0.6 is 0 Å². The van der Waals surface area contributed by atoms with Gasteiger partial charge in [0.05, 0.1) is 45.2 Å². The highest BCUT2D eigenvalue weighted by Crippen LogP contribution is 2.38. The van der Waals surface area contributed by atoms with E-state index < -0.39 is 0 Å². The first-order chi connectivity index (χ1) is 9.83. The van der Waals surface area contributed by atoms with Crippen LogP contribution in [0.4, 0.5) is 0 Å². The third-order valence-corrected chi connectivity index (χ3v) is 3.71. The van der Waals surface area contributed by atoms with Crippen LogP contribution in [0.25, 0.3) is 0 Å². The minimum Gasteiger partial charge on any atom is -0.382 e. The Bertz CT molecular complexity index is 222. The standard InChI is InChI=1S/C15H31NO4/c1-3-16-8-7-15(5-4-6-15)20-14-13-19-12-11-18-10-9-17-2/h16H,3-14H2,1-2H3. The lowest BCUT2D eigenvalue weighted by Crippen LogP contribution is -2.43. The monoisotopic (exact) mass is 289 g/mol. The zero-order valence-corrected chi connectivity index (χ0v) is 13.1. The molecule has 0 aromatic carbocycles. The van der Waals surface area contributed by atoms with E-state index in [-0.39, 0.29) is 5.60 Å². The van der Waals surface area contributed by atoms with Crippen LogP contribution in [0.2, 0.25) is 0 Å². The zero-order valence-electron chi connectivity index (χ0n) is 13.1. The van der Waals surface area contributed by atoms with Crippen molar-refractivity contribution in [3.63, 3.8) is 0 Å². The van der Waals surface area contributed by atoms with Crippen molar-refractivity contribution in [2.75, 3.05) is 59.8 Å². The number of methoxy groups -OCH3 is 1. The van der Waals surface area contributed by atoms with Crippen molar-refractivity contribution >= 4 is 0 Å². The Morgan fingerprint density at radius 2 is 1.60 bits per heavy atom. The first-order valence-corrected chi connectivity index (χ1v) is 7.82. The minimum atomic E-state index is 0.125. The molecule has 0 spiro atoms. The molecular weight excluding hydrogens is 258 g/mol. The second-order valence-electron chi connectivity index (χ2n) is 5.21. The van der Waals surface area contributed by atoms with E-state index in [0.29, 0.717) is 39.6 Å². The van der Waals surface area contributed by atoms with Crippen molar-refractivity contribution < 1.29 is 18.9 Å². The molecule has 0 bridgehead atoms. The third kappa shape index (κ3) is 7.55. The number of ether oxygens (including phenoxy) is 4. The largest absolute Gasteiger partial charge is 0.382 e. The van der Waals surface area contributed by atoms with Gasteiger partial charge in [-0.2, -0.15) is 0 Å². The maximum absolute atomic E-state index is 6.03. The van der Waals surface area contributed by atoms with Crippen LogP contribution < -0.4 is 5.32 Å². The first kappa shape index (κ1) is 17.9. The molecule has 0 atom stereocenters.